The smallest absolute Gasteiger partial charge is 0.169 e. The molecule has 0 fully saturated rings. The molecule has 1 aliphatic rings. The molecule has 1 aliphatic heterocycles. The third-order valence-electron chi connectivity index (χ3n) is 3.17. The second-order valence-electron chi connectivity index (χ2n) is 4.60. The summed E-state index contributed by atoms with van der Waals surface area (Å²) in [6.45, 7) is 3.83. The van der Waals surface area contributed by atoms with Crippen LogP contribution < -0.4 is 0 Å². The predicted molar refractivity (Wildman–Crippen MR) is 79.1 cm³/mol. The highest BCUT2D eigenvalue weighted by molar-refractivity contribution is 8.19. The lowest BCUT2D eigenvalue weighted by atomic mass is 9.80. The summed E-state index contributed by atoms with van der Waals surface area (Å²) in [6.07, 6.45) is 5.34. The van der Waals surface area contributed by atoms with Crippen LogP contribution in [-0.4, -0.2) is 35.6 Å². The van der Waals surface area contributed by atoms with Crippen LogP contribution >= 0.6 is 23.5 Å². The fourth-order valence-corrected chi connectivity index (χ4v) is 4.43. The summed E-state index contributed by atoms with van der Waals surface area (Å²) in [5, 5.41) is 9.11. The maximum absolute atomic E-state index is 12.4. The molecular formula is C13H18N2OS2. The number of carbonyl (C=O) groups is 1. The first-order valence-corrected chi connectivity index (χ1v) is 7.74. The Morgan fingerprint density at radius 2 is 2.22 bits per heavy atom. The van der Waals surface area contributed by atoms with E-state index in [0.29, 0.717) is 4.91 Å². The first-order valence-electron chi connectivity index (χ1n) is 5.57. The minimum atomic E-state index is -0.582. The molecule has 0 saturated carbocycles. The fraction of sp³-hybridized carbons (Fsp3) is 0.538. The fourth-order valence-electron chi connectivity index (χ4n) is 1.81. The molecule has 5 heteroatoms. The van der Waals surface area contributed by atoms with E-state index in [0.717, 1.165) is 5.57 Å². The molecule has 0 aromatic rings. The van der Waals surface area contributed by atoms with Crippen molar-refractivity contribution in [1.82, 2.24) is 4.90 Å². The highest BCUT2D eigenvalue weighted by Crippen LogP contribution is 2.54. The molecule has 1 rings (SSSR count). The van der Waals surface area contributed by atoms with Crippen LogP contribution in [-0.2, 0) is 4.79 Å². The molecule has 0 aliphatic carbocycles. The van der Waals surface area contributed by atoms with Gasteiger partial charge in [-0.15, -0.1) is 11.8 Å². The van der Waals surface area contributed by atoms with Crippen molar-refractivity contribution < 1.29 is 4.79 Å². The zero-order valence-corrected chi connectivity index (χ0v) is 13.0. The van der Waals surface area contributed by atoms with Gasteiger partial charge in [-0.1, -0.05) is 11.8 Å². The van der Waals surface area contributed by atoms with E-state index < -0.39 is 5.41 Å². The molecule has 1 heterocycles. The van der Waals surface area contributed by atoms with Crippen LogP contribution in [0.5, 0.6) is 0 Å². The number of carbonyl (C=O) groups excluding carboxylic acids is 1. The first-order chi connectivity index (χ1) is 8.37. The Morgan fingerprint density at radius 3 is 2.67 bits per heavy atom. The van der Waals surface area contributed by atoms with Gasteiger partial charge in [-0.25, -0.2) is 0 Å². The molecule has 0 radical (unpaired) electrons. The lowest BCUT2D eigenvalue weighted by Crippen LogP contribution is -2.33. The molecule has 0 aromatic heterocycles. The maximum atomic E-state index is 12.4. The highest BCUT2D eigenvalue weighted by Gasteiger charge is 2.48. The molecule has 0 N–H and O–H groups in total. The van der Waals surface area contributed by atoms with Crippen molar-refractivity contribution in [2.24, 2.45) is 5.41 Å². The number of hydrogen-bond acceptors (Lipinski definition) is 5. The number of nitriles is 1. The number of thioether (sulfide) groups is 2. The summed E-state index contributed by atoms with van der Waals surface area (Å²) in [5.41, 5.74) is 0.310. The van der Waals surface area contributed by atoms with Crippen LogP contribution in [0.3, 0.4) is 0 Å². The van der Waals surface area contributed by atoms with Gasteiger partial charge in [-0.3, -0.25) is 4.79 Å². The number of ketones is 1. The van der Waals surface area contributed by atoms with Crippen molar-refractivity contribution in [3.8, 4) is 6.07 Å². The Morgan fingerprint density at radius 1 is 1.61 bits per heavy atom. The van der Waals surface area contributed by atoms with Crippen LogP contribution in [0.2, 0.25) is 0 Å². The summed E-state index contributed by atoms with van der Waals surface area (Å²) in [5.74, 6) is 0.0609. The molecular weight excluding hydrogens is 264 g/mol. The normalized spacial score (nSPS) is 27.7. The van der Waals surface area contributed by atoms with Gasteiger partial charge < -0.3 is 4.90 Å². The topological polar surface area (TPSA) is 44.1 Å². The van der Waals surface area contributed by atoms with Crippen LogP contribution in [0, 0.1) is 16.7 Å². The molecule has 98 valence electrons. The zero-order chi connectivity index (χ0) is 13.9. The van der Waals surface area contributed by atoms with Crippen molar-refractivity contribution in [2.45, 2.75) is 18.4 Å². The minimum Gasteiger partial charge on any atom is -0.383 e. The molecule has 0 aromatic carbocycles. The monoisotopic (exact) mass is 282 g/mol. The van der Waals surface area contributed by atoms with Gasteiger partial charge in [0.1, 0.15) is 6.07 Å². The maximum Gasteiger partial charge on any atom is 0.169 e. The summed E-state index contributed by atoms with van der Waals surface area (Å²) >= 11 is 3.13. The van der Waals surface area contributed by atoms with Gasteiger partial charge in [-0.05, 0) is 31.8 Å². The lowest BCUT2D eigenvalue weighted by Gasteiger charge is -2.28. The van der Waals surface area contributed by atoms with Crippen molar-refractivity contribution in [1.29, 1.82) is 5.26 Å². The van der Waals surface area contributed by atoms with Crippen molar-refractivity contribution >= 4 is 29.3 Å². The molecule has 18 heavy (non-hydrogen) atoms. The third-order valence-corrected chi connectivity index (χ3v) is 6.25. The molecule has 0 bridgehead atoms. The van der Waals surface area contributed by atoms with Gasteiger partial charge in [0.2, 0.25) is 0 Å². The van der Waals surface area contributed by atoms with E-state index in [1.807, 2.05) is 39.1 Å². The van der Waals surface area contributed by atoms with Crippen molar-refractivity contribution in [3.05, 3.63) is 22.8 Å². The Labute approximate surface area is 117 Å². The van der Waals surface area contributed by atoms with E-state index in [1.165, 1.54) is 11.8 Å². The Hall–Kier alpha value is -0.860. The quantitative estimate of drug-likeness (QED) is 0.742. The van der Waals surface area contributed by atoms with Gasteiger partial charge in [0.25, 0.3) is 0 Å². The van der Waals surface area contributed by atoms with E-state index >= 15 is 0 Å². The highest BCUT2D eigenvalue weighted by atomic mass is 32.2. The minimum absolute atomic E-state index is 0.0609. The number of hydrogen-bond donors (Lipinski definition) is 0. The van der Waals surface area contributed by atoms with E-state index in [-0.39, 0.29) is 10.4 Å². The number of allylic oxidation sites excluding steroid dienone is 3. The van der Waals surface area contributed by atoms with E-state index in [9.17, 15) is 4.79 Å². The SMILES string of the molecule is CSC1SC(C#N)=C(C)C1(C)C(=O)/C=C/N(C)C. The van der Waals surface area contributed by atoms with Crippen LogP contribution in [0.1, 0.15) is 13.8 Å². The largest absolute Gasteiger partial charge is 0.383 e. The average Bonchev–Trinajstić information content (AvgIpc) is 2.60. The third kappa shape index (κ3) is 2.60. The Balaban J connectivity index is 3.12. The Kier molecular flexibility index (Phi) is 4.94. The van der Waals surface area contributed by atoms with E-state index in [4.69, 9.17) is 5.26 Å². The lowest BCUT2D eigenvalue weighted by molar-refractivity contribution is -0.120. The standard InChI is InChI=1S/C13H18N2OS2/c1-9-10(8-14)18-12(17-5)13(9,2)11(16)6-7-15(3)4/h6-7,12H,1-5H3/b7-6+. The van der Waals surface area contributed by atoms with Gasteiger partial charge >= 0.3 is 0 Å². The summed E-state index contributed by atoms with van der Waals surface area (Å²) in [7, 11) is 3.76. The molecule has 0 spiro atoms. The predicted octanol–water partition coefficient (Wildman–Crippen LogP) is 2.87. The summed E-state index contributed by atoms with van der Waals surface area (Å²) < 4.78 is 0.0754. The van der Waals surface area contributed by atoms with Crippen LogP contribution in [0.15, 0.2) is 22.8 Å². The van der Waals surface area contributed by atoms with Gasteiger partial charge in [-0.2, -0.15) is 5.26 Å². The van der Waals surface area contributed by atoms with Crippen molar-refractivity contribution in [2.75, 3.05) is 20.4 Å². The molecule has 3 nitrogen and oxygen atoms in total. The molecule has 0 amide bonds. The van der Waals surface area contributed by atoms with Crippen LogP contribution in [0.25, 0.3) is 0 Å². The first kappa shape index (κ1) is 15.2. The Bertz CT molecular complexity index is 448. The summed E-state index contributed by atoms with van der Waals surface area (Å²) in [4.78, 5) is 14.9. The van der Waals surface area contributed by atoms with Crippen molar-refractivity contribution in [3.63, 3.8) is 0 Å². The molecule has 0 saturated heterocycles. The van der Waals surface area contributed by atoms with E-state index in [1.54, 1.807) is 24.0 Å². The van der Waals surface area contributed by atoms with E-state index in [2.05, 4.69) is 6.07 Å². The van der Waals surface area contributed by atoms with Gasteiger partial charge in [0, 0.05) is 20.3 Å². The number of rotatable bonds is 4. The average molecular weight is 282 g/mol. The van der Waals surface area contributed by atoms with Crippen LogP contribution in [0.4, 0.5) is 0 Å². The second kappa shape index (κ2) is 5.85. The second-order valence-corrected chi connectivity index (χ2v) is 6.95. The van der Waals surface area contributed by atoms with Gasteiger partial charge in [0.15, 0.2) is 5.78 Å². The number of nitrogens with zero attached hydrogens (tertiary/aromatic N) is 2. The summed E-state index contributed by atoms with van der Waals surface area (Å²) in [6, 6.07) is 2.20. The van der Waals surface area contributed by atoms with Gasteiger partial charge in [0.05, 0.1) is 14.9 Å². The molecule has 2 atom stereocenters. The molecule has 2 unspecified atom stereocenters. The zero-order valence-electron chi connectivity index (χ0n) is 11.4.